The lowest BCUT2D eigenvalue weighted by Gasteiger charge is -2.38. The maximum absolute atomic E-state index is 14.0. The summed E-state index contributed by atoms with van der Waals surface area (Å²) in [5.41, 5.74) is -2.32. The van der Waals surface area contributed by atoms with Gasteiger partial charge in [-0.2, -0.15) is 0 Å². The zero-order valence-corrected chi connectivity index (χ0v) is 19.9. The number of carbonyl (C=O) groups excluding carboxylic acids is 3. The van der Waals surface area contributed by atoms with Gasteiger partial charge in [-0.05, 0) is 39.5 Å². The second-order valence-electron chi connectivity index (χ2n) is 9.85. The highest BCUT2D eigenvalue weighted by Gasteiger charge is 2.74. The van der Waals surface area contributed by atoms with Crippen molar-refractivity contribution in [3.05, 3.63) is 24.3 Å². The molecule has 8 heteroatoms. The van der Waals surface area contributed by atoms with Crippen LogP contribution in [-0.2, 0) is 23.9 Å². The van der Waals surface area contributed by atoms with Gasteiger partial charge in [0.15, 0.2) is 0 Å². The standard InChI is InChI=1S/C25H36N2O6/c1-4-10-17(2)26-13-8-12-25-18(21(29)27(14-9-15-28)20(25)22(26)30)19-23(31)32-16-7-5-6-11-24(19,3)33-25/h6,8,11-12,17-20,28H,4-5,7,9-10,13-16H2,1-3H3/b11-6-/t17?,18-,19+,20?,24-,25-/m0/s1. The monoisotopic (exact) mass is 460 g/mol. The van der Waals surface area contributed by atoms with E-state index in [-0.39, 0.29) is 31.0 Å². The minimum Gasteiger partial charge on any atom is -0.465 e. The molecule has 0 aliphatic carbocycles. The number of aliphatic hydroxyl groups is 1. The summed E-state index contributed by atoms with van der Waals surface area (Å²) < 4.78 is 12.3. The Morgan fingerprint density at radius 3 is 2.70 bits per heavy atom. The van der Waals surface area contributed by atoms with Crippen LogP contribution >= 0.6 is 0 Å². The number of rotatable bonds is 6. The highest BCUT2D eigenvalue weighted by Crippen LogP contribution is 2.57. The van der Waals surface area contributed by atoms with E-state index in [0.29, 0.717) is 26.0 Å². The molecule has 0 bridgehead atoms. The van der Waals surface area contributed by atoms with Crippen molar-refractivity contribution in [3.8, 4) is 0 Å². The second kappa shape index (κ2) is 9.22. The van der Waals surface area contributed by atoms with Crippen LogP contribution in [0, 0.1) is 11.8 Å². The molecule has 33 heavy (non-hydrogen) atoms. The maximum Gasteiger partial charge on any atom is 0.313 e. The van der Waals surface area contributed by atoms with E-state index in [0.717, 1.165) is 19.3 Å². The molecule has 2 amide bonds. The van der Waals surface area contributed by atoms with Crippen molar-refractivity contribution in [2.24, 2.45) is 11.8 Å². The number of ether oxygens (including phenoxy) is 2. The van der Waals surface area contributed by atoms with Gasteiger partial charge in [-0.25, -0.2) is 0 Å². The predicted molar refractivity (Wildman–Crippen MR) is 121 cm³/mol. The van der Waals surface area contributed by atoms with Crippen LogP contribution in [0.25, 0.3) is 0 Å². The zero-order valence-electron chi connectivity index (χ0n) is 19.9. The number of aliphatic hydroxyl groups excluding tert-OH is 1. The highest BCUT2D eigenvalue weighted by molar-refractivity contribution is 5.99. The molecular weight excluding hydrogens is 424 g/mol. The van der Waals surface area contributed by atoms with Crippen LogP contribution in [0.5, 0.6) is 0 Å². The van der Waals surface area contributed by atoms with Gasteiger partial charge in [0.1, 0.15) is 17.6 Å². The number of cyclic esters (lactones) is 1. The van der Waals surface area contributed by atoms with Crippen molar-refractivity contribution in [2.45, 2.75) is 76.2 Å². The Labute approximate surface area is 195 Å². The van der Waals surface area contributed by atoms with Gasteiger partial charge in [-0.1, -0.05) is 37.6 Å². The molecule has 0 radical (unpaired) electrons. The lowest BCUT2D eigenvalue weighted by molar-refractivity contribution is -0.160. The summed E-state index contributed by atoms with van der Waals surface area (Å²) >= 11 is 0. The summed E-state index contributed by atoms with van der Waals surface area (Å²) in [6, 6.07) is -0.872. The van der Waals surface area contributed by atoms with Crippen molar-refractivity contribution >= 4 is 17.8 Å². The minimum absolute atomic E-state index is 0.00943. The fourth-order valence-electron chi connectivity index (χ4n) is 6.10. The van der Waals surface area contributed by atoms with Gasteiger partial charge >= 0.3 is 5.97 Å². The number of amides is 2. The van der Waals surface area contributed by atoms with Crippen LogP contribution in [0.3, 0.4) is 0 Å². The molecular formula is C25H36N2O6. The summed E-state index contributed by atoms with van der Waals surface area (Å²) in [5, 5.41) is 9.45. The summed E-state index contributed by atoms with van der Waals surface area (Å²) in [6.45, 7) is 6.77. The van der Waals surface area contributed by atoms with E-state index in [9.17, 15) is 19.5 Å². The molecule has 6 atom stereocenters. The van der Waals surface area contributed by atoms with Crippen LogP contribution in [0.2, 0.25) is 0 Å². The molecule has 1 spiro atoms. The number of nitrogens with zero attached hydrogens (tertiary/aromatic N) is 2. The Morgan fingerprint density at radius 2 is 1.97 bits per heavy atom. The number of carbonyl (C=O) groups is 3. The number of hydrogen-bond donors (Lipinski definition) is 1. The molecule has 2 saturated heterocycles. The summed E-state index contributed by atoms with van der Waals surface area (Å²) in [4.78, 5) is 44.5. The Hall–Kier alpha value is -2.19. The number of allylic oxidation sites excluding steroid dienone is 1. The Morgan fingerprint density at radius 1 is 1.18 bits per heavy atom. The van der Waals surface area contributed by atoms with E-state index in [2.05, 4.69) is 6.92 Å². The van der Waals surface area contributed by atoms with Crippen LogP contribution in [0.1, 0.15) is 52.9 Å². The van der Waals surface area contributed by atoms with Crippen LogP contribution in [-0.4, -0.2) is 82.3 Å². The third kappa shape index (κ3) is 3.81. The van der Waals surface area contributed by atoms with Crippen molar-refractivity contribution < 1.29 is 29.0 Å². The van der Waals surface area contributed by atoms with Crippen LogP contribution in [0.15, 0.2) is 24.3 Å². The molecule has 4 aliphatic heterocycles. The van der Waals surface area contributed by atoms with Crippen LogP contribution < -0.4 is 0 Å². The fraction of sp³-hybridized carbons (Fsp3) is 0.720. The van der Waals surface area contributed by atoms with Crippen LogP contribution in [0.4, 0.5) is 0 Å². The van der Waals surface area contributed by atoms with E-state index < -0.39 is 35.0 Å². The predicted octanol–water partition coefficient (Wildman–Crippen LogP) is 1.82. The van der Waals surface area contributed by atoms with Gasteiger partial charge in [0.2, 0.25) is 11.8 Å². The van der Waals surface area contributed by atoms with Crippen molar-refractivity contribution in [1.29, 1.82) is 0 Å². The molecule has 8 nitrogen and oxygen atoms in total. The van der Waals surface area contributed by atoms with Gasteiger partial charge in [-0.15, -0.1) is 0 Å². The molecule has 4 aliphatic rings. The van der Waals surface area contributed by atoms with E-state index >= 15 is 0 Å². The first-order valence-electron chi connectivity index (χ1n) is 12.2. The van der Waals surface area contributed by atoms with E-state index in [1.165, 1.54) is 4.90 Å². The average molecular weight is 461 g/mol. The van der Waals surface area contributed by atoms with Crippen molar-refractivity contribution in [3.63, 3.8) is 0 Å². The molecule has 4 rings (SSSR count). The fourth-order valence-corrected chi connectivity index (χ4v) is 6.10. The Balaban J connectivity index is 1.83. The molecule has 1 N–H and O–H groups in total. The quantitative estimate of drug-likeness (QED) is 0.480. The molecule has 0 aromatic rings. The van der Waals surface area contributed by atoms with Gasteiger partial charge in [0.25, 0.3) is 0 Å². The normalized spacial score (nSPS) is 37.9. The molecule has 0 saturated carbocycles. The molecule has 0 aromatic carbocycles. The van der Waals surface area contributed by atoms with Gasteiger partial charge < -0.3 is 24.4 Å². The number of esters is 1. The maximum atomic E-state index is 14.0. The third-order valence-electron chi connectivity index (χ3n) is 7.58. The number of fused-ring (bicyclic) bond motifs is 2. The molecule has 4 heterocycles. The Bertz CT molecular complexity index is 856. The first kappa shape index (κ1) is 24.0. The molecule has 2 fully saturated rings. The van der Waals surface area contributed by atoms with Gasteiger partial charge in [0, 0.05) is 25.7 Å². The van der Waals surface area contributed by atoms with Gasteiger partial charge in [0.05, 0.1) is 18.1 Å². The third-order valence-corrected chi connectivity index (χ3v) is 7.58. The summed E-state index contributed by atoms with van der Waals surface area (Å²) in [5.74, 6) is -2.61. The molecule has 182 valence electrons. The first-order valence-corrected chi connectivity index (χ1v) is 12.2. The first-order chi connectivity index (χ1) is 15.8. The topological polar surface area (TPSA) is 96.4 Å². The molecule has 0 aromatic heterocycles. The molecule has 2 unspecified atom stereocenters. The van der Waals surface area contributed by atoms with E-state index in [1.54, 1.807) is 0 Å². The lowest BCUT2D eigenvalue weighted by atomic mass is 9.74. The number of hydrogen-bond acceptors (Lipinski definition) is 6. The minimum atomic E-state index is -1.26. The number of likely N-dealkylation sites (tertiary alicyclic amines) is 1. The average Bonchev–Trinajstić information content (AvgIpc) is 3.11. The second-order valence-corrected chi connectivity index (χ2v) is 9.85. The largest absolute Gasteiger partial charge is 0.465 e. The van der Waals surface area contributed by atoms with E-state index in [4.69, 9.17) is 9.47 Å². The van der Waals surface area contributed by atoms with Gasteiger partial charge in [-0.3, -0.25) is 14.4 Å². The SMILES string of the molecule is CCCC(C)N1CC=C[C@]23O[C@@]4(C)/C=C\CCCOC(=O)[C@H]4[C@H]2C(=O)N(CCCO)C3C1=O. The summed E-state index contributed by atoms with van der Waals surface area (Å²) in [6.07, 6.45) is 11.2. The van der Waals surface area contributed by atoms with E-state index in [1.807, 2.05) is 43.1 Å². The van der Waals surface area contributed by atoms with Crippen molar-refractivity contribution in [2.75, 3.05) is 26.3 Å². The summed E-state index contributed by atoms with van der Waals surface area (Å²) in [7, 11) is 0. The Kier molecular flexibility index (Phi) is 6.69. The smallest absolute Gasteiger partial charge is 0.313 e. The van der Waals surface area contributed by atoms with Crippen molar-refractivity contribution in [1.82, 2.24) is 9.80 Å². The zero-order chi connectivity index (χ0) is 23.8. The lowest BCUT2D eigenvalue weighted by Crippen LogP contribution is -2.57. The highest BCUT2D eigenvalue weighted by atomic mass is 16.6.